The zero-order valence-electron chi connectivity index (χ0n) is 7.03. The molecule has 0 nitrogen and oxygen atoms in total. The first-order valence-corrected chi connectivity index (χ1v) is 5.30. The van der Waals surface area contributed by atoms with Gasteiger partial charge in [-0.1, -0.05) is 18.2 Å². The molecule has 0 saturated carbocycles. The molecular weight excluding hydrogens is 164 g/mol. The van der Waals surface area contributed by atoms with Crippen molar-refractivity contribution in [2.24, 2.45) is 0 Å². The van der Waals surface area contributed by atoms with Crippen LogP contribution in [-0.2, 0) is 0 Å². The van der Waals surface area contributed by atoms with Crippen LogP contribution in [0.5, 0.6) is 0 Å². The summed E-state index contributed by atoms with van der Waals surface area (Å²) in [5.41, 5.74) is 0. The molecule has 0 N–H and O–H groups in total. The highest BCUT2D eigenvalue weighted by molar-refractivity contribution is 7.38. The van der Waals surface area contributed by atoms with Crippen LogP contribution in [0.25, 0.3) is 4.90 Å². The molecule has 0 spiro atoms. The Bertz CT molecular complexity index is 360. The highest BCUT2D eigenvalue weighted by Gasteiger charge is 2.10. The Labute approximate surface area is 75.5 Å². The van der Waals surface area contributed by atoms with Crippen LogP contribution in [0.15, 0.2) is 47.8 Å². The Hall–Kier alpha value is -1.08. The Morgan fingerprint density at radius 2 is 1.67 bits per heavy atom. The van der Waals surface area contributed by atoms with Crippen LogP contribution >= 0.6 is 10.5 Å². The molecule has 1 aromatic heterocycles. The SMILES string of the molecule is Cc1ccc[s+]1-c1ccccc1. The fourth-order valence-corrected chi connectivity index (χ4v) is 2.92. The van der Waals surface area contributed by atoms with Gasteiger partial charge in [-0.3, -0.25) is 0 Å². The quantitative estimate of drug-likeness (QED) is 0.579. The summed E-state index contributed by atoms with van der Waals surface area (Å²) in [7, 11) is 0.245. The van der Waals surface area contributed by atoms with E-state index in [1.165, 1.54) is 9.77 Å². The summed E-state index contributed by atoms with van der Waals surface area (Å²) in [6.07, 6.45) is 0. The van der Waals surface area contributed by atoms with E-state index in [9.17, 15) is 0 Å². The Morgan fingerprint density at radius 1 is 0.917 bits per heavy atom. The first kappa shape index (κ1) is 7.56. The average molecular weight is 175 g/mol. The smallest absolute Gasteiger partial charge is 0.0619 e. The van der Waals surface area contributed by atoms with E-state index < -0.39 is 0 Å². The zero-order valence-corrected chi connectivity index (χ0v) is 7.84. The number of hydrogen-bond donors (Lipinski definition) is 0. The predicted molar refractivity (Wildman–Crippen MR) is 55.0 cm³/mol. The van der Waals surface area contributed by atoms with E-state index >= 15 is 0 Å². The molecule has 2 rings (SSSR count). The normalized spacial score (nSPS) is 11.6. The van der Waals surface area contributed by atoms with Gasteiger partial charge in [-0.05, 0) is 24.3 Å². The van der Waals surface area contributed by atoms with Gasteiger partial charge in [-0.25, -0.2) is 0 Å². The highest BCUT2D eigenvalue weighted by atomic mass is 32.2. The summed E-state index contributed by atoms with van der Waals surface area (Å²) >= 11 is 0. The van der Waals surface area contributed by atoms with E-state index in [0.29, 0.717) is 0 Å². The van der Waals surface area contributed by atoms with Crippen LogP contribution < -0.4 is 0 Å². The van der Waals surface area contributed by atoms with Crippen LogP contribution in [0.2, 0.25) is 0 Å². The van der Waals surface area contributed by atoms with E-state index in [0.717, 1.165) is 0 Å². The van der Waals surface area contributed by atoms with Gasteiger partial charge in [-0.15, -0.1) is 0 Å². The Balaban J connectivity index is 2.51. The molecule has 0 radical (unpaired) electrons. The lowest BCUT2D eigenvalue weighted by Gasteiger charge is -1.88. The van der Waals surface area contributed by atoms with Crippen molar-refractivity contribution in [3.63, 3.8) is 0 Å². The maximum atomic E-state index is 2.27. The molecule has 60 valence electrons. The first-order valence-electron chi connectivity index (χ1n) is 4.01. The molecule has 1 heteroatoms. The summed E-state index contributed by atoms with van der Waals surface area (Å²) in [6, 6.07) is 15.0. The van der Waals surface area contributed by atoms with E-state index in [1.807, 2.05) is 0 Å². The average Bonchev–Trinajstić information content (AvgIpc) is 2.53. The second-order valence-corrected chi connectivity index (χ2v) is 4.82. The minimum atomic E-state index is 0.245. The van der Waals surface area contributed by atoms with Crippen molar-refractivity contribution in [1.82, 2.24) is 0 Å². The third-order valence-corrected chi connectivity index (χ3v) is 3.93. The molecule has 0 amide bonds. The second-order valence-electron chi connectivity index (χ2n) is 2.76. The van der Waals surface area contributed by atoms with Crippen molar-refractivity contribution in [3.05, 3.63) is 52.7 Å². The number of hydrogen-bond acceptors (Lipinski definition) is 0. The minimum absolute atomic E-state index is 0.245. The second kappa shape index (κ2) is 3.11. The standard InChI is InChI=1S/C11H11S/c1-10-6-5-9-12(10)11-7-3-2-4-8-11/h2-9H,1H3/q+1. The van der Waals surface area contributed by atoms with E-state index in [-0.39, 0.29) is 10.5 Å². The number of benzene rings is 1. The van der Waals surface area contributed by atoms with E-state index in [2.05, 4.69) is 54.8 Å². The van der Waals surface area contributed by atoms with Crippen molar-refractivity contribution >= 4 is 10.5 Å². The van der Waals surface area contributed by atoms with Crippen molar-refractivity contribution in [2.45, 2.75) is 6.92 Å². The third-order valence-electron chi connectivity index (χ3n) is 1.89. The van der Waals surface area contributed by atoms with E-state index in [1.54, 1.807) is 0 Å². The zero-order chi connectivity index (χ0) is 8.39. The van der Waals surface area contributed by atoms with Crippen molar-refractivity contribution < 1.29 is 0 Å². The minimum Gasteiger partial charge on any atom is -0.0619 e. The van der Waals surface area contributed by atoms with Gasteiger partial charge in [0, 0.05) is 17.4 Å². The molecule has 12 heavy (non-hydrogen) atoms. The van der Waals surface area contributed by atoms with Crippen molar-refractivity contribution in [1.29, 1.82) is 0 Å². The monoisotopic (exact) mass is 175 g/mol. The predicted octanol–water partition coefficient (Wildman–Crippen LogP) is 3.73. The highest BCUT2D eigenvalue weighted by Crippen LogP contribution is 2.33. The largest absolute Gasteiger partial charge is 0.178 e. The van der Waals surface area contributed by atoms with Crippen molar-refractivity contribution in [3.8, 4) is 4.90 Å². The Kier molecular flexibility index (Phi) is 1.96. The van der Waals surface area contributed by atoms with Crippen LogP contribution in [0.1, 0.15) is 4.88 Å². The van der Waals surface area contributed by atoms with Gasteiger partial charge in [0.05, 0.1) is 0 Å². The van der Waals surface area contributed by atoms with Gasteiger partial charge in [0.2, 0.25) is 0 Å². The van der Waals surface area contributed by atoms with Gasteiger partial charge in [0.15, 0.2) is 9.77 Å². The Morgan fingerprint density at radius 3 is 2.25 bits per heavy atom. The van der Waals surface area contributed by atoms with Crippen LogP contribution in [0, 0.1) is 6.92 Å². The summed E-state index contributed by atoms with van der Waals surface area (Å²) in [5, 5.41) is 2.27. The third kappa shape index (κ3) is 1.28. The first-order chi connectivity index (χ1) is 5.88. The summed E-state index contributed by atoms with van der Waals surface area (Å²) in [6.45, 7) is 2.19. The van der Waals surface area contributed by atoms with Crippen LogP contribution in [-0.4, -0.2) is 0 Å². The molecule has 0 aliphatic carbocycles. The molecule has 0 fully saturated rings. The maximum absolute atomic E-state index is 2.27. The molecule has 0 aliphatic rings. The molecule has 0 bridgehead atoms. The summed E-state index contributed by atoms with van der Waals surface area (Å²) < 4.78 is 0. The molecule has 2 aromatic rings. The fourth-order valence-electron chi connectivity index (χ4n) is 1.27. The summed E-state index contributed by atoms with van der Waals surface area (Å²) in [5.74, 6) is 0. The van der Waals surface area contributed by atoms with Gasteiger partial charge in [0.1, 0.15) is 5.38 Å². The maximum Gasteiger partial charge on any atom is 0.178 e. The molecule has 1 heterocycles. The van der Waals surface area contributed by atoms with Crippen LogP contribution in [0.3, 0.4) is 0 Å². The molecular formula is C11H11S+. The van der Waals surface area contributed by atoms with Crippen LogP contribution in [0.4, 0.5) is 0 Å². The molecule has 0 aliphatic heterocycles. The lowest BCUT2D eigenvalue weighted by Crippen LogP contribution is -1.67. The molecule has 1 unspecified atom stereocenters. The van der Waals surface area contributed by atoms with Gasteiger partial charge in [0.25, 0.3) is 0 Å². The summed E-state index contributed by atoms with van der Waals surface area (Å²) in [4.78, 5) is 2.88. The number of thiophene rings is 1. The fraction of sp³-hybridized carbons (Fsp3) is 0.0909. The van der Waals surface area contributed by atoms with Crippen molar-refractivity contribution in [2.75, 3.05) is 0 Å². The molecule has 1 atom stereocenters. The van der Waals surface area contributed by atoms with Gasteiger partial charge >= 0.3 is 0 Å². The lowest BCUT2D eigenvalue weighted by molar-refractivity contribution is 1.63. The lowest BCUT2D eigenvalue weighted by atomic mass is 10.4. The number of aryl methyl sites for hydroxylation is 1. The van der Waals surface area contributed by atoms with E-state index in [4.69, 9.17) is 0 Å². The number of rotatable bonds is 1. The van der Waals surface area contributed by atoms with Gasteiger partial charge in [-0.2, -0.15) is 0 Å². The molecule has 1 aromatic carbocycles. The molecule has 0 saturated heterocycles. The topological polar surface area (TPSA) is 0 Å². The van der Waals surface area contributed by atoms with Gasteiger partial charge < -0.3 is 0 Å².